The van der Waals surface area contributed by atoms with Crippen molar-refractivity contribution < 1.29 is 4.39 Å². The summed E-state index contributed by atoms with van der Waals surface area (Å²) in [5, 5.41) is 3.13. The lowest BCUT2D eigenvalue weighted by Crippen LogP contribution is -2.23. The number of benzene rings is 2. The molecular weight excluding hydrogens is 404 g/mol. The maximum absolute atomic E-state index is 12.9. The van der Waals surface area contributed by atoms with Gasteiger partial charge >= 0.3 is 0 Å². The second kappa shape index (κ2) is 7.29. The molecule has 0 aromatic heterocycles. The van der Waals surface area contributed by atoms with Crippen molar-refractivity contribution in [3.05, 3.63) is 65.0 Å². The van der Waals surface area contributed by atoms with Crippen molar-refractivity contribution in [2.75, 3.05) is 5.32 Å². The van der Waals surface area contributed by atoms with Gasteiger partial charge in [0.15, 0.2) is 5.96 Å². The number of rotatable bonds is 3. The van der Waals surface area contributed by atoms with Gasteiger partial charge in [-0.25, -0.2) is 9.38 Å². The van der Waals surface area contributed by atoms with Crippen molar-refractivity contribution in [1.29, 1.82) is 0 Å². The van der Waals surface area contributed by atoms with Gasteiger partial charge in [0.25, 0.3) is 0 Å². The Balaban J connectivity index is 0.00000192. The average molecular weight is 425 g/mol. The molecule has 23 heavy (non-hydrogen) atoms. The fraction of sp³-hybridized carbons (Fsp3) is 0.278. The van der Waals surface area contributed by atoms with E-state index >= 15 is 0 Å². The number of nitrogens with zero attached hydrogens (tertiary/aromatic N) is 1. The summed E-state index contributed by atoms with van der Waals surface area (Å²) in [7, 11) is 0. The number of halogens is 2. The van der Waals surface area contributed by atoms with Crippen LogP contribution in [0.1, 0.15) is 29.0 Å². The molecule has 2 atom stereocenters. The molecule has 122 valence electrons. The molecule has 1 fully saturated rings. The van der Waals surface area contributed by atoms with Gasteiger partial charge in [-0.15, -0.1) is 24.0 Å². The number of hydrogen-bond donors (Lipinski definition) is 2. The number of aryl methyl sites for hydroxylation is 2. The Bertz CT molecular complexity index is 713. The van der Waals surface area contributed by atoms with Gasteiger partial charge in [-0.05, 0) is 61.2 Å². The minimum absolute atomic E-state index is 0. The predicted molar refractivity (Wildman–Crippen MR) is 104 cm³/mol. The summed E-state index contributed by atoms with van der Waals surface area (Å²) < 4.78 is 12.9. The van der Waals surface area contributed by atoms with Crippen LogP contribution < -0.4 is 11.1 Å². The fourth-order valence-electron chi connectivity index (χ4n) is 2.57. The van der Waals surface area contributed by atoms with Crippen LogP contribution in [0.2, 0.25) is 0 Å². The molecule has 5 heteroatoms. The first-order valence-corrected chi connectivity index (χ1v) is 7.46. The van der Waals surface area contributed by atoms with E-state index in [1.807, 2.05) is 18.2 Å². The Hall–Kier alpha value is -1.63. The highest BCUT2D eigenvalue weighted by atomic mass is 127. The highest BCUT2D eigenvalue weighted by Gasteiger charge is 2.38. The van der Waals surface area contributed by atoms with Crippen LogP contribution in [-0.2, 0) is 0 Å². The van der Waals surface area contributed by atoms with Crippen LogP contribution in [0.15, 0.2) is 47.5 Å². The molecule has 2 aromatic rings. The van der Waals surface area contributed by atoms with Crippen molar-refractivity contribution in [3.63, 3.8) is 0 Å². The zero-order valence-corrected chi connectivity index (χ0v) is 15.5. The maximum Gasteiger partial charge on any atom is 0.193 e. The number of guanidine groups is 1. The number of hydrogen-bond acceptors (Lipinski definition) is 1. The summed E-state index contributed by atoms with van der Waals surface area (Å²) in [6.07, 6.45) is 0.959. The van der Waals surface area contributed by atoms with Crippen molar-refractivity contribution in [2.24, 2.45) is 10.7 Å². The minimum Gasteiger partial charge on any atom is -0.370 e. The number of nitrogens with one attached hydrogen (secondary N) is 1. The molecular formula is C18H21FIN3. The van der Waals surface area contributed by atoms with Crippen LogP contribution in [0.3, 0.4) is 0 Å². The maximum atomic E-state index is 12.9. The summed E-state index contributed by atoms with van der Waals surface area (Å²) in [6, 6.07) is 12.9. The van der Waals surface area contributed by atoms with E-state index in [2.05, 4.69) is 36.3 Å². The average Bonchev–Trinajstić information content (AvgIpc) is 3.22. The van der Waals surface area contributed by atoms with Gasteiger partial charge in [-0.3, -0.25) is 0 Å². The summed E-state index contributed by atoms with van der Waals surface area (Å²) in [5.41, 5.74) is 10.5. The van der Waals surface area contributed by atoms with Crippen LogP contribution in [0.4, 0.5) is 10.1 Å². The van der Waals surface area contributed by atoms with Crippen LogP contribution in [-0.4, -0.2) is 12.0 Å². The van der Waals surface area contributed by atoms with E-state index in [0.717, 1.165) is 17.7 Å². The molecule has 3 N–H and O–H groups in total. The molecule has 3 rings (SSSR count). The minimum atomic E-state index is -0.208. The van der Waals surface area contributed by atoms with Crippen molar-refractivity contribution in [3.8, 4) is 0 Å². The Morgan fingerprint density at radius 2 is 1.83 bits per heavy atom. The van der Waals surface area contributed by atoms with Gasteiger partial charge < -0.3 is 11.1 Å². The van der Waals surface area contributed by atoms with E-state index in [9.17, 15) is 4.39 Å². The van der Waals surface area contributed by atoms with Gasteiger partial charge in [0.1, 0.15) is 5.82 Å². The van der Waals surface area contributed by atoms with Crippen LogP contribution >= 0.6 is 24.0 Å². The predicted octanol–water partition coefficient (Wildman–Crippen LogP) is 4.34. The lowest BCUT2D eigenvalue weighted by atomic mass is 10.1. The van der Waals surface area contributed by atoms with Gasteiger partial charge in [0, 0.05) is 11.6 Å². The second-order valence-corrected chi connectivity index (χ2v) is 5.90. The zero-order chi connectivity index (χ0) is 15.7. The Morgan fingerprint density at radius 3 is 2.48 bits per heavy atom. The lowest BCUT2D eigenvalue weighted by molar-refractivity contribution is 0.627. The SMILES string of the molecule is Cc1ccc(NC(N)=N[C@@H]2C[C@H]2c2ccc(F)cc2)cc1C.I. The van der Waals surface area contributed by atoms with Gasteiger partial charge in [-0.2, -0.15) is 0 Å². The van der Waals surface area contributed by atoms with Crippen LogP contribution in [0, 0.1) is 19.7 Å². The highest BCUT2D eigenvalue weighted by Crippen LogP contribution is 2.43. The quantitative estimate of drug-likeness (QED) is 0.437. The third-order valence-electron chi connectivity index (χ3n) is 4.14. The summed E-state index contributed by atoms with van der Waals surface area (Å²) in [4.78, 5) is 4.51. The number of aliphatic imine (C=N–C) groups is 1. The highest BCUT2D eigenvalue weighted by molar-refractivity contribution is 14.0. The van der Waals surface area contributed by atoms with Gasteiger partial charge in [-0.1, -0.05) is 18.2 Å². The first-order chi connectivity index (χ1) is 10.5. The molecule has 0 unspecified atom stereocenters. The third-order valence-corrected chi connectivity index (χ3v) is 4.14. The molecule has 1 aliphatic rings. The van der Waals surface area contributed by atoms with Crippen molar-refractivity contribution in [1.82, 2.24) is 0 Å². The van der Waals surface area contributed by atoms with E-state index in [4.69, 9.17) is 5.73 Å². The Labute approximate surface area is 153 Å². The summed E-state index contributed by atoms with van der Waals surface area (Å²) in [5.74, 6) is 0.568. The largest absolute Gasteiger partial charge is 0.370 e. The molecule has 0 bridgehead atoms. The number of nitrogens with two attached hydrogens (primary N) is 1. The molecule has 1 aliphatic carbocycles. The number of anilines is 1. The van der Waals surface area contributed by atoms with E-state index in [0.29, 0.717) is 11.9 Å². The van der Waals surface area contributed by atoms with Gasteiger partial charge in [0.05, 0.1) is 6.04 Å². The standard InChI is InChI=1S/C18H20FN3.HI/c1-11-3-8-15(9-12(11)2)21-18(20)22-17-10-16(17)13-4-6-14(19)7-5-13;/h3-9,16-17H,10H2,1-2H3,(H3,20,21,22);1H/t16-,17+;/m0./s1. The summed E-state index contributed by atoms with van der Waals surface area (Å²) >= 11 is 0. The molecule has 0 saturated heterocycles. The van der Waals surface area contributed by atoms with Crippen molar-refractivity contribution >= 4 is 35.6 Å². The van der Waals surface area contributed by atoms with Gasteiger partial charge in [0.2, 0.25) is 0 Å². The second-order valence-electron chi connectivity index (χ2n) is 5.90. The van der Waals surface area contributed by atoms with E-state index in [1.54, 1.807) is 0 Å². The molecule has 0 heterocycles. The molecule has 0 radical (unpaired) electrons. The first kappa shape index (κ1) is 17.7. The smallest absolute Gasteiger partial charge is 0.193 e. The van der Waals surface area contributed by atoms with E-state index in [-0.39, 0.29) is 35.8 Å². The Kier molecular flexibility index (Phi) is 5.62. The topological polar surface area (TPSA) is 50.4 Å². The normalized spacial score (nSPS) is 19.9. The van der Waals surface area contributed by atoms with Crippen LogP contribution in [0.5, 0.6) is 0 Å². The van der Waals surface area contributed by atoms with Crippen LogP contribution in [0.25, 0.3) is 0 Å². The molecule has 3 nitrogen and oxygen atoms in total. The summed E-state index contributed by atoms with van der Waals surface area (Å²) in [6.45, 7) is 4.15. The first-order valence-electron chi connectivity index (χ1n) is 7.46. The Morgan fingerprint density at radius 1 is 1.13 bits per heavy atom. The third kappa shape index (κ3) is 4.43. The molecule has 1 saturated carbocycles. The molecule has 0 aliphatic heterocycles. The van der Waals surface area contributed by atoms with Crippen molar-refractivity contribution in [2.45, 2.75) is 32.2 Å². The van der Waals surface area contributed by atoms with E-state index < -0.39 is 0 Å². The molecule has 0 amide bonds. The van der Waals surface area contributed by atoms with E-state index in [1.165, 1.54) is 23.3 Å². The fourth-order valence-corrected chi connectivity index (χ4v) is 2.57. The zero-order valence-electron chi connectivity index (χ0n) is 13.2. The monoisotopic (exact) mass is 425 g/mol. The molecule has 0 spiro atoms. The lowest BCUT2D eigenvalue weighted by Gasteiger charge is -2.08. The molecule has 2 aromatic carbocycles.